The van der Waals surface area contributed by atoms with Gasteiger partial charge in [0.1, 0.15) is 11.1 Å². The molecule has 4 aromatic rings. The van der Waals surface area contributed by atoms with Crippen molar-refractivity contribution in [3.63, 3.8) is 0 Å². The molecule has 0 unspecified atom stereocenters. The molecule has 1 N–H and O–H groups in total. The summed E-state index contributed by atoms with van der Waals surface area (Å²) in [5.74, 6) is 0.0633. The second-order valence-corrected chi connectivity index (χ2v) is 8.41. The molecule has 160 valence electrons. The average Bonchev–Trinajstić information content (AvgIpc) is 3.38. The van der Waals surface area contributed by atoms with Gasteiger partial charge in [-0.15, -0.1) is 11.3 Å². The summed E-state index contributed by atoms with van der Waals surface area (Å²) in [6.07, 6.45) is -0.182. The van der Waals surface area contributed by atoms with Gasteiger partial charge >= 0.3 is 5.69 Å². The van der Waals surface area contributed by atoms with E-state index in [9.17, 15) is 14.4 Å². The Morgan fingerprint density at radius 1 is 1.16 bits per heavy atom. The molecule has 1 amide bonds. The van der Waals surface area contributed by atoms with Crippen molar-refractivity contribution < 1.29 is 9.32 Å². The highest BCUT2D eigenvalue weighted by molar-refractivity contribution is 7.14. The number of carbonyl (C=O) groups excluding carboxylic acids is 1. The Morgan fingerprint density at radius 3 is 2.55 bits per heavy atom. The minimum atomic E-state index is -0.552. The van der Waals surface area contributed by atoms with Crippen molar-refractivity contribution in [2.45, 2.75) is 26.2 Å². The lowest BCUT2D eigenvalue weighted by Crippen LogP contribution is -2.36. The molecule has 4 rings (SSSR count). The van der Waals surface area contributed by atoms with Crippen molar-refractivity contribution in [2.75, 3.05) is 5.32 Å². The molecular weight excluding hydrogens is 418 g/mol. The fourth-order valence-corrected chi connectivity index (χ4v) is 4.00. The first-order valence-corrected chi connectivity index (χ1v) is 10.5. The minimum absolute atomic E-state index is 0.0391. The molecule has 0 saturated heterocycles. The van der Waals surface area contributed by atoms with Crippen LogP contribution < -0.4 is 16.6 Å². The van der Waals surface area contributed by atoms with Crippen molar-refractivity contribution in [3.8, 4) is 11.3 Å². The normalized spacial score (nSPS) is 11.4. The van der Waals surface area contributed by atoms with Crippen LogP contribution in [0.3, 0.4) is 0 Å². The van der Waals surface area contributed by atoms with Crippen molar-refractivity contribution in [3.05, 3.63) is 61.7 Å². The summed E-state index contributed by atoms with van der Waals surface area (Å²) in [6.45, 7) is 4.28. The van der Waals surface area contributed by atoms with Crippen LogP contribution in [0, 0.1) is 0 Å². The predicted molar refractivity (Wildman–Crippen MR) is 118 cm³/mol. The van der Waals surface area contributed by atoms with Crippen LogP contribution in [0.15, 0.2) is 43.8 Å². The first kappa shape index (κ1) is 20.7. The van der Waals surface area contributed by atoms with E-state index in [1.807, 2.05) is 17.5 Å². The van der Waals surface area contributed by atoms with E-state index in [0.29, 0.717) is 11.0 Å². The number of benzene rings is 1. The predicted octanol–water partition coefficient (Wildman–Crippen LogP) is 2.65. The quantitative estimate of drug-likeness (QED) is 0.512. The first-order chi connectivity index (χ1) is 14.8. The third-order valence-corrected chi connectivity index (χ3v) is 5.85. The highest BCUT2D eigenvalue weighted by Crippen LogP contribution is 2.26. The summed E-state index contributed by atoms with van der Waals surface area (Å²) in [4.78, 5) is 41.5. The molecule has 0 saturated carbocycles. The third-order valence-electron chi connectivity index (χ3n) is 5.09. The Hall–Kier alpha value is -3.53. The van der Waals surface area contributed by atoms with E-state index in [1.54, 1.807) is 0 Å². The van der Waals surface area contributed by atoms with Crippen molar-refractivity contribution >= 4 is 33.5 Å². The summed E-state index contributed by atoms with van der Waals surface area (Å²) in [7, 11) is 2.84. The maximum absolute atomic E-state index is 12.5. The van der Waals surface area contributed by atoms with Gasteiger partial charge in [-0.3, -0.25) is 18.7 Å². The van der Waals surface area contributed by atoms with Crippen LogP contribution in [0.5, 0.6) is 0 Å². The van der Waals surface area contributed by atoms with Crippen LogP contribution in [0.1, 0.15) is 31.0 Å². The standard InChI is InChI=1S/C21H21N5O4S/c1-11(2)12-5-7-13(8-6-12)15-10-31-20(22-15)23-16(27)9-14-17-18(28)25(3)21(29)26(4)19(17)30-24-14/h5-8,10-11H,9H2,1-4H3,(H,22,23,27). The van der Waals surface area contributed by atoms with Crippen molar-refractivity contribution in [1.29, 1.82) is 0 Å². The molecular formula is C21H21N5O4S. The molecule has 9 nitrogen and oxygen atoms in total. The van der Waals surface area contributed by atoms with Crippen LogP contribution in [-0.2, 0) is 25.3 Å². The summed E-state index contributed by atoms with van der Waals surface area (Å²) >= 11 is 1.31. The Morgan fingerprint density at radius 2 is 1.87 bits per heavy atom. The second kappa shape index (κ2) is 7.95. The molecule has 0 aliphatic carbocycles. The van der Waals surface area contributed by atoms with Gasteiger partial charge in [-0.05, 0) is 11.5 Å². The molecule has 0 bridgehead atoms. The summed E-state index contributed by atoms with van der Waals surface area (Å²) in [5.41, 5.74) is 2.11. The monoisotopic (exact) mass is 439 g/mol. The van der Waals surface area contributed by atoms with Crippen LogP contribution in [0.25, 0.3) is 22.4 Å². The highest BCUT2D eigenvalue weighted by Gasteiger charge is 2.20. The highest BCUT2D eigenvalue weighted by atomic mass is 32.1. The van der Waals surface area contributed by atoms with E-state index in [0.717, 1.165) is 15.8 Å². The second-order valence-electron chi connectivity index (χ2n) is 7.55. The van der Waals surface area contributed by atoms with E-state index >= 15 is 0 Å². The van der Waals surface area contributed by atoms with Gasteiger partial charge in [0.05, 0.1) is 12.1 Å². The number of aromatic nitrogens is 4. The van der Waals surface area contributed by atoms with Gasteiger partial charge < -0.3 is 9.84 Å². The molecule has 3 heterocycles. The summed E-state index contributed by atoms with van der Waals surface area (Å²) in [5, 5.41) is 9.00. The van der Waals surface area contributed by atoms with E-state index in [4.69, 9.17) is 4.52 Å². The molecule has 0 aliphatic rings. The molecule has 0 spiro atoms. The molecule has 0 aliphatic heterocycles. The largest absolute Gasteiger partial charge is 0.337 e. The summed E-state index contributed by atoms with van der Waals surface area (Å²) < 4.78 is 7.28. The molecule has 31 heavy (non-hydrogen) atoms. The number of hydrogen-bond acceptors (Lipinski definition) is 7. The molecule has 0 radical (unpaired) electrons. The maximum atomic E-state index is 12.5. The van der Waals surface area contributed by atoms with Gasteiger partial charge in [0.2, 0.25) is 11.6 Å². The number of nitrogens with one attached hydrogen (secondary N) is 1. The Labute approximate surface area is 181 Å². The topological polar surface area (TPSA) is 112 Å². The zero-order valence-electron chi connectivity index (χ0n) is 17.5. The van der Waals surface area contributed by atoms with E-state index in [-0.39, 0.29) is 29.1 Å². The van der Waals surface area contributed by atoms with Crippen LogP contribution in [0.4, 0.5) is 5.13 Å². The summed E-state index contributed by atoms with van der Waals surface area (Å²) in [6, 6.07) is 8.16. The molecule has 0 atom stereocenters. The van der Waals surface area contributed by atoms with E-state index in [2.05, 4.69) is 41.4 Å². The van der Waals surface area contributed by atoms with Gasteiger partial charge in [-0.2, -0.15) is 0 Å². The number of anilines is 1. The van der Waals surface area contributed by atoms with Gasteiger partial charge in [0.25, 0.3) is 5.56 Å². The number of fused-ring (bicyclic) bond motifs is 1. The van der Waals surface area contributed by atoms with Crippen LogP contribution in [0.2, 0.25) is 0 Å². The lowest BCUT2D eigenvalue weighted by Gasteiger charge is -2.05. The fraction of sp³-hybridized carbons (Fsp3) is 0.286. The smallest absolute Gasteiger partial charge is 0.333 e. The van der Waals surface area contributed by atoms with E-state index in [1.165, 1.54) is 35.6 Å². The number of hydrogen-bond donors (Lipinski definition) is 1. The number of aryl methyl sites for hydroxylation is 1. The minimum Gasteiger partial charge on any atom is -0.337 e. The Balaban J connectivity index is 1.53. The van der Waals surface area contributed by atoms with Crippen molar-refractivity contribution in [2.24, 2.45) is 14.1 Å². The number of rotatable bonds is 5. The SMILES string of the molecule is CC(C)c1ccc(-c2csc(NC(=O)Cc3noc4c3c(=O)n(C)c(=O)n4C)n2)cc1. The average molecular weight is 439 g/mol. The first-order valence-electron chi connectivity index (χ1n) is 9.66. The van der Waals surface area contributed by atoms with E-state index < -0.39 is 11.2 Å². The maximum Gasteiger partial charge on any atom is 0.333 e. The van der Waals surface area contributed by atoms with Gasteiger partial charge in [0, 0.05) is 25.0 Å². The molecule has 1 aromatic carbocycles. The number of nitrogens with zero attached hydrogens (tertiary/aromatic N) is 4. The number of amides is 1. The van der Waals surface area contributed by atoms with Crippen LogP contribution >= 0.6 is 11.3 Å². The lowest BCUT2D eigenvalue weighted by molar-refractivity contribution is -0.115. The van der Waals surface area contributed by atoms with Crippen molar-refractivity contribution in [1.82, 2.24) is 19.3 Å². The zero-order valence-corrected chi connectivity index (χ0v) is 18.3. The van der Waals surface area contributed by atoms with Crippen LogP contribution in [-0.4, -0.2) is 25.2 Å². The Kier molecular flexibility index (Phi) is 5.32. The van der Waals surface area contributed by atoms with Gasteiger partial charge in [-0.25, -0.2) is 9.78 Å². The lowest BCUT2D eigenvalue weighted by atomic mass is 10.0. The van der Waals surface area contributed by atoms with Gasteiger partial charge in [-0.1, -0.05) is 43.3 Å². The fourth-order valence-electron chi connectivity index (χ4n) is 3.26. The third kappa shape index (κ3) is 3.81. The molecule has 3 aromatic heterocycles. The molecule has 0 fully saturated rings. The number of thiazole rings is 1. The molecule has 10 heteroatoms. The number of carbonyl (C=O) groups is 1. The Bertz CT molecular complexity index is 1390. The zero-order chi connectivity index (χ0) is 22.3. The van der Waals surface area contributed by atoms with Gasteiger partial charge in [0.15, 0.2) is 5.13 Å².